The van der Waals surface area contributed by atoms with Crippen LogP contribution in [0.15, 0.2) is 30.0 Å². The van der Waals surface area contributed by atoms with Crippen LogP contribution in [0.5, 0.6) is 0 Å². The van der Waals surface area contributed by atoms with E-state index in [1.165, 1.54) is 6.42 Å². The van der Waals surface area contributed by atoms with E-state index in [1.807, 2.05) is 18.0 Å². The van der Waals surface area contributed by atoms with E-state index in [0.29, 0.717) is 39.5 Å². The molecule has 1 aliphatic heterocycles. The van der Waals surface area contributed by atoms with Crippen LogP contribution in [0.2, 0.25) is 5.02 Å². The molecule has 0 spiro atoms. The van der Waals surface area contributed by atoms with Crippen molar-refractivity contribution in [2.75, 3.05) is 0 Å². The molecule has 3 fully saturated rings. The van der Waals surface area contributed by atoms with Gasteiger partial charge in [-0.2, -0.15) is 10.7 Å². The number of benzene rings is 1. The first kappa shape index (κ1) is 18.7. The van der Waals surface area contributed by atoms with Crippen LogP contribution < -0.4 is 0 Å². The summed E-state index contributed by atoms with van der Waals surface area (Å²) in [5, 5.41) is 10.1. The third-order valence-electron chi connectivity index (χ3n) is 6.85. The van der Waals surface area contributed by atoms with Gasteiger partial charge in [0.25, 0.3) is 11.2 Å². The SMILES string of the molecule is C[C@H]1CC[C@@H]2[C@H]([C@@H]1O[C@@H]1C[C@@H](c3ccc(Cl)cc3)C(=C=[N-])[N+](=O)O1)C2(C)C. The van der Waals surface area contributed by atoms with Crippen LogP contribution in [0.3, 0.4) is 0 Å². The van der Waals surface area contributed by atoms with Crippen molar-refractivity contribution in [1.29, 1.82) is 0 Å². The van der Waals surface area contributed by atoms with E-state index in [-0.39, 0.29) is 17.7 Å². The normalized spacial score (nSPS) is 37.2. The average molecular weight is 389 g/mol. The smallest absolute Gasteiger partial charge is 0.320 e. The zero-order valence-corrected chi connectivity index (χ0v) is 16.6. The zero-order chi connectivity index (χ0) is 19.3. The van der Waals surface area contributed by atoms with Gasteiger partial charge in [-0.05, 0) is 53.7 Å². The summed E-state index contributed by atoms with van der Waals surface area (Å²) in [5.74, 6) is 3.29. The van der Waals surface area contributed by atoms with E-state index in [1.54, 1.807) is 12.1 Å². The molecule has 0 N–H and O–H groups in total. The van der Waals surface area contributed by atoms with Crippen molar-refractivity contribution in [1.82, 2.24) is 0 Å². The molecule has 3 aliphatic rings. The molecule has 1 saturated heterocycles. The van der Waals surface area contributed by atoms with Gasteiger partial charge in [0.1, 0.15) is 0 Å². The predicted molar refractivity (Wildman–Crippen MR) is 103 cm³/mol. The van der Waals surface area contributed by atoms with Crippen LogP contribution in [0.25, 0.3) is 5.41 Å². The van der Waals surface area contributed by atoms with Crippen molar-refractivity contribution in [3.8, 4) is 0 Å². The third-order valence-corrected chi connectivity index (χ3v) is 7.10. The number of allylic oxidation sites excluding steroid dienone is 1. The Balaban J connectivity index is 1.55. The minimum absolute atomic E-state index is 0.0542. The summed E-state index contributed by atoms with van der Waals surface area (Å²) in [6.45, 7) is 6.82. The third kappa shape index (κ3) is 3.22. The van der Waals surface area contributed by atoms with Gasteiger partial charge in [0, 0.05) is 11.4 Å². The fourth-order valence-electron chi connectivity index (χ4n) is 5.17. The van der Waals surface area contributed by atoms with Gasteiger partial charge in [0.15, 0.2) is 0 Å². The minimum atomic E-state index is -0.650. The molecule has 2 saturated carbocycles. The van der Waals surface area contributed by atoms with Crippen molar-refractivity contribution in [2.45, 2.75) is 58.3 Å². The molecule has 6 atom stereocenters. The van der Waals surface area contributed by atoms with E-state index in [4.69, 9.17) is 21.2 Å². The Morgan fingerprint density at radius 3 is 2.67 bits per heavy atom. The van der Waals surface area contributed by atoms with E-state index in [9.17, 15) is 10.3 Å². The number of halogens is 1. The van der Waals surface area contributed by atoms with E-state index >= 15 is 0 Å². The van der Waals surface area contributed by atoms with Crippen molar-refractivity contribution in [3.63, 3.8) is 0 Å². The Hall–Kier alpha value is -1.68. The fourth-order valence-corrected chi connectivity index (χ4v) is 5.30. The highest BCUT2D eigenvalue weighted by molar-refractivity contribution is 6.30. The number of fused-ring (bicyclic) bond motifs is 1. The molecule has 0 aromatic heterocycles. The Kier molecular flexibility index (Phi) is 4.66. The van der Waals surface area contributed by atoms with Gasteiger partial charge in [-0.3, -0.25) is 0 Å². The highest BCUT2D eigenvalue weighted by Gasteiger charge is 2.64. The van der Waals surface area contributed by atoms with Crippen molar-refractivity contribution < 1.29 is 14.5 Å². The lowest BCUT2D eigenvalue weighted by Gasteiger charge is -2.32. The Morgan fingerprint density at radius 1 is 1.30 bits per heavy atom. The first-order valence-electron chi connectivity index (χ1n) is 9.64. The predicted octanol–water partition coefficient (Wildman–Crippen LogP) is 5.07. The number of hydrogen-bond acceptors (Lipinski definition) is 3. The number of nitrogens with zero attached hydrogens (tertiary/aromatic N) is 2. The Morgan fingerprint density at radius 2 is 2.00 bits per heavy atom. The van der Waals surface area contributed by atoms with Gasteiger partial charge in [0.2, 0.25) is 0 Å². The first-order valence-corrected chi connectivity index (χ1v) is 10.0. The highest BCUT2D eigenvalue weighted by Crippen LogP contribution is 2.66. The van der Waals surface area contributed by atoms with Crippen molar-refractivity contribution in [3.05, 3.63) is 50.9 Å². The van der Waals surface area contributed by atoms with Crippen molar-refractivity contribution >= 4 is 17.5 Å². The molecule has 27 heavy (non-hydrogen) atoms. The maximum absolute atomic E-state index is 12.4. The Bertz CT molecular complexity index is 800. The standard InChI is InChI=1S/C21H25ClN2O3/c1-12-4-9-16-19(21(16,2)3)20(12)26-18-10-15(17(11-23)24(25)27-18)13-5-7-14(22)8-6-13/h5-8,12,15-16,18-20H,4,9-10H2,1-3H3/t12-,15-,16+,18-,19+,20+/m0/s1. The molecule has 144 valence electrons. The summed E-state index contributed by atoms with van der Waals surface area (Å²) in [6, 6.07) is 7.24. The lowest BCUT2D eigenvalue weighted by atomic mass is 9.87. The van der Waals surface area contributed by atoms with Crippen LogP contribution in [0.1, 0.15) is 51.5 Å². The van der Waals surface area contributed by atoms with E-state index in [0.717, 1.165) is 12.0 Å². The summed E-state index contributed by atoms with van der Waals surface area (Å²) >= 11 is 5.98. The second-order valence-electron chi connectivity index (χ2n) is 8.74. The molecule has 2 aliphatic carbocycles. The van der Waals surface area contributed by atoms with Gasteiger partial charge in [-0.25, -0.2) is 0 Å². The number of ether oxygens (including phenoxy) is 1. The van der Waals surface area contributed by atoms with Gasteiger partial charge in [-0.1, -0.05) is 44.5 Å². The Labute approximate surface area is 164 Å². The average Bonchev–Trinajstić information content (AvgIpc) is 3.19. The number of hydrogen-bond donors (Lipinski definition) is 0. The molecule has 1 aromatic carbocycles. The summed E-state index contributed by atoms with van der Waals surface area (Å²) in [4.78, 5) is 18.1. The summed E-state index contributed by atoms with van der Waals surface area (Å²) in [6.07, 6.45) is 2.27. The van der Waals surface area contributed by atoms with Crippen LogP contribution in [-0.2, 0) is 9.57 Å². The summed E-state index contributed by atoms with van der Waals surface area (Å²) in [7, 11) is 0. The van der Waals surface area contributed by atoms with Gasteiger partial charge >= 0.3 is 5.70 Å². The maximum Gasteiger partial charge on any atom is 0.320 e. The summed E-state index contributed by atoms with van der Waals surface area (Å²) < 4.78 is 6.36. The molecule has 0 radical (unpaired) electrons. The molecule has 6 heteroatoms. The van der Waals surface area contributed by atoms with E-state index in [2.05, 4.69) is 20.8 Å². The van der Waals surface area contributed by atoms with Crippen LogP contribution in [-0.4, -0.2) is 23.2 Å². The summed E-state index contributed by atoms with van der Waals surface area (Å²) in [5.41, 5.74) is 1.22. The van der Waals surface area contributed by atoms with Crippen LogP contribution >= 0.6 is 11.6 Å². The quantitative estimate of drug-likeness (QED) is 0.679. The minimum Gasteiger partial charge on any atom is -0.758 e. The lowest BCUT2D eigenvalue weighted by Crippen LogP contribution is -2.40. The molecule has 0 bridgehead atoms. The molecular weight excluding hydrogens is 364 g/mol. The molecule has 1 aromatic rings. The lowest BCUT2D eigenvalue weighted by molar-refractivity contribution is -0.801. The fraction of sp³-hybridized carbons (Fsp3) is 0.619. The van der Waals surface area contributed by atoms with E-state index < -0.39 is 6.29 Å². The highest BCUT2D eigenvalue weighted by atomic mass is 35.5. The monoisotopic (exact) mass is 388 g/mol. The topological polar surface area (TPSA) is 60.8 Å². The van der Waals surface area contributed by atoms with Gasteiger partial charge < -0.3 is 10.1 Å². The zero-order valence-electron chi connectivity index (χ0n) is 15.9. The van der Waals surface area contributed by atoms with Gasteiger partial charge in [-0.15, -0.1) is 0 Å². The molecule has 5 nitrogen and oxygen atoms in total. The molecular formula is C21H25ClN2O3. The van der Waals surface area contributed by atoms with Gasteiger partial charge in [0.05, 0.1) is 16.9 Å². The molecule has 0 amide bonds. The molecule has 4 rings (SSSR count). The van der Waals surface area contributed by atoms with Crippen molar-refractivity contribution in [2.24, 2.45) is 23.2 Å². The maximum atomic E-state index is 12.4. The second kappa shape index (κ2) is 6.73. The van der Waals surface area contributed by atoms with Crippen LogP contribution in [0, 0.1) is 28.1 Å². The molecule has 1 heterocycles. The van der Waals surface area contributed by atoms with Crippen LogP contribution in [0.4, 0.5) is 0 Å². The number of rotatable bonds is 3. The second-order valence-corrected chi connectivity index (χ2v) is 9.17. The molecule has 0 unspecified atom stereocenters. The largest absolute Gasteiger partial charge is 0.758 e. The first-order chi connectivity index (χ1) is 12.8.